The molecule has 4 bridgehead atoms. The van der Waals surface area contributed by atoms with Crippen LogP contribution in [0.15, 0.2) is 29.2 Å². The number of rotatable bonds is 4. The molecule has 0 heterocycles. The SMILES string of the molecule is Cc1ccc(S(=O)(=O)NNC(=O)C23CC4C[C@@H](CC[C@@H](C4)C2)C3)cc1. The lowest BCUT2D eigenvalue weighted by Gasteiger charge is -2.46. The van der Waals surface area contributed by atoms with Crippen molar-refractivity contribution in [2.75, 3.05) is 0 Å². The van der Waals surface area contributed by atoms with Gasteiger partial charge in [-0.2, -0.15) is 0 Å². The number of aryl methyl sites for hydroxylation is 1. The van der Waals surface area contributed by atoms with Crippen LogP contribution in [0.1, 0.15) is 50.5 Å². The van der Waals surface area contributed by atoms with Crippen LogP contribution >= 0.6 is 0 Å². The van der Waals surface area contributed by atoms with Crippen molar-refractivity contribution in [1.29, 1.82) is 0 Å². The molecule has 0 aromatic heterocycles. The molecule has 4 aliphatic carbocycles. The van der Waals surface area contributed by atoms with E-state index in [0.717, 1.165) is 24.8 Å². The molecule has 5 nitrogen and oxygen atoms in total. The largest absolute Gasteiger partial charge is 0.277 e. The van der Waals surface area contributed by atoms with Crippen molar-refractivity contribution in [1.82, 2.24) is 10.3 Å². The van der Waals surface area contributed by atoms with Gasteiger partial charge in [-0.3, -0.25) is 10.2 Å². The molecule has 25 heavy (non-hydrogen) atoms. The third-order valence-corrected chi connectivity index (χ3v) is 7.73. The molecule has 1 aromatic rings. The monoisotopic (exact) mass is 362 g/mol. The van der Waals surface area contributed by atoms with Gasteiger partial charge in [0.25, 0.3) is 10.0 Å². The minimum Gasteiger partial charge on any atom is -0.277 e. The highest BCUT2D eigenvalue weighted by molar-refractivity contribution is 7.89. The van der Waals surface area contributed by atoms with Gasteiger partial charge >= 0.3 is 0 Å². The van der Waals surface area contributed by atoms with Crippen molar-refractivity contribution in [2.45, 2.75) is 56.8 Å². The molecule has 5 rings (SSSR count). The van der Waals surface area contributed by atoms with Gasteiger partial charge < -0.3 is 0 Å². The van der Waals surface area contributed by atoms with Crippen LogP contribution in [0.4, 0.5) is 0 Å². The third kappa shape index (κ3) is 3.22. The Morgan fingerprint density at radius 1 is 1.00 bits per heavy atom. The fraction of sp³-hybridized carbons (Fsp3) is 0.632. The average molecular weight is 362 g/mol. The van der Waals surface area contributed by atoms with E-state index in [9.17, 15) is 13.2 Å². The molecule has 2 N–H and O–H groups in total. The Balaban J connectivity index is 1.48. The topological polar surface area (TPSA) is 75.3 Å². The number of fused-ring (bicyclic) bond motifs is 1. The zero-order valence-corrected chi connectivity index (χ0v) is 15.4. The van der Waals surface area contributed by atoms with E-state index < -0.39 is 10.0 Å². The van der Waals surface area contributed by atoms with E-state index in [0.29, 0.717) is 17.8 Å². The summed E-state index contributed by atoms with van der Waals surface area (Å²) in [6.07, 6.45) is 7.70. The number of benzene rings is 1. The summed E-state index contributed by atoms with van der Waals surface area (Å²) < 4.78 is 24.8. The standard InChI is InChI=1S/C19H26N2O3S/c1-13-2-6-17(7-3-13)25(23,24)21-20-18(22)19-10-14-4-5-15(11-19)9-16(8-14)12-19/h2-3,6-7,14-16,21H,4-5,8-12H2,1H3,(H,20,22)/t14-,15+,16?,19?. The van der Waals surface area contributed by atoms with Gasteiger partial charge in [-0.25, -0.2) is 8.42 Å². The lowest BCUT2D eigenvalue weighted by molar-refractivity contribution is -0.139. The minimum atomic E-state index is -3.73. The molecule has 4 saturated carbocycles. The molecule has 4 fully saturated rings. The number of carbonyl (C=O) groups excluding carboxylic acids is 1. The van der Waals surface area contributed by atoms with Crippen LogP contribution in [0, 0.1) is 30.1 Å². The molecule has 0 aliphatic heterocycles. The molecule has 4 atom stereocenters. The van der Waals surface area contributed by atoms with Gasteiger partial charge in [-0.1, -0.05) is 30.5 Å². The van der Waals surface area contributed by atoms with E-state index in [-0.39, 0.29) is 16.2 Å². The Labute approximate surface area is 149 Å². The summed E-state index contributed by atoms with van der Waals surface area (Å²) >= 11 is 0. The first-order valence-electron chi connectivity index (χ1n) is 9.25. The second-order valence-corrected chi connectivity index (χ2v) is 10.1. The fourth-order valence-electron chi connectivity index (χ4n) is 5.49. The quantitative estimate of drug-likeness (QED) is 0.809. The summed E-state index contributed by atoms with van der Waals surface area (Å²) in [5.41, 5.74) is 3.17. The molecule has 0 saturated heterocycles. The Morgan fingerprint density at radius 3 is 2.16 bits per heavy atom. The van der Waals surface area contributed by atoms with Crippen molar-refractivity contribution in [3.63, 3.8) is 0 Å². The Kier molecular flexibility index (Phi) is 4.15. The number of carbonyl (C=O) groups is 1. The van der Waals surface area contributed by atoms with E-state index in [2.05, 4.69) is 10.3 Å². The Hall–Kier alpha value is -1.40. The molecule has 6 heteroatoms. The van der Waals surface area contributed by atoms with E-state index in [1.54, 1.807) is 24.3 Å². The Bertz CT molecular complexity index is 756. The summed E-state index contributed by atoms with van der Waals surface area (Å²) in [6, 6.07) is 6.61. The number of nitrogens with one attached hydrogen (secondary N) is 2. The van der Waals surface area contributed by atoms with Gasteiger partial charge in [-0.15, -0.1) is 4.83 Å². The fourth-order valence-corrected chi connectivity index (χ4v) is 6.33. The van der Waals surface area contributed by atoms with Crippen LogP contribution in [0.5, 0.6) is 0 Å². The number of hydrazine groups is 1. The van der Waals surface area contributed by atoms with E-state index in [4.69, 9.17) is 0 Å². The molecule has 2 unspecified atom stereocenters. The highest BCUT2D eigenvalue weighted by Gasteiger charge is 2.52. The van der Waals surface area contributed by atoms with Gasteiger partial charge in [0.15, 0.2) is 0 Å². The van der Waals surface area contributed by atoms with Gasteiger partial charge in [0.1, 0.15) is 0 Å². The first kappa shape index (κ1) is 17.0. The first-order valence-corrected chi connectivity index (χ1v) is 10.7. The van der Waals surface area contributed by atoms with Crippen molar-refractivity contribution >= 4 is 15.9 Å². The summed E-state index contributed by atoms with van der Waals surface area (Å²) in [5.74, 6) is 1.76. The van der Waals surface area contributed by atoms with Crippen LogP contribution in [-0.2, 0) is 14.8 Å². The van der Waals surface area contributed by atoms with E-state index in [1.165, 1.54) is 25.7 Å². The second kappa shape index (κ2) is 6.09. The average Bonchev–Trinajstić information content (AvgIpc) is 2.79. The van der Waals surface area contributed by atoms with Crippen LogP contribution in [0.3, 0.4) is 0 Å². The highest BCUT2D eigenvalue weighted by atomic mass is 32.2. The maximum Gasteiger partial charge on any atom is 0.257 e. The maximum absolute atomic E-state index is 12.9. The predicted octanol–water partition coefficient (Wildman–Crippen LogP) is 2.91. The smallest absolute Gasteiger partial charge is 0.257 e. The van der Waals surface area contributed by atoms with Gasteiger partial charge in [-0.05, 0) is 68.9 Å². The number of amides is 1. The zero-order chi connectivity index (χ0) is 17.7. The van der Waals surface area contributed by atoms with Crippen LogP contribution < -0.4 is 10.3 Å². The molecule has 1 amide bonds. The maximum atomic E-state index is 12.9. The van der Waals surface area contributed by atoms with Crippen molar-refractivity contribution < 1.29 is 13.2 Å². The summed E-state index contributed by atoms with van der Waals surface area (Å²) in [5, 5.41) is 0. The minimum absolute atomic E-state index is 0.135. The molecule has 0 radical (unpaired) electrons. The van der Waals surface area contributed by atoms with Crippen LogP contribution in [0.25, 0.3) is 0 Å². The van der Waals surface area contributed by atoms with Gasteiger partial charge in [0, 0.05) is 0 Å². The molecule has 136 valence electrons. The first-order chi connectivity index (χ1) is 11.9. The van der Waals surface area contributed by atoms with E-state index in [1.807, 2.05) is 6.92 Å². The van der Waals surface area contributed by atoms with Crippen LogP contribution in [0.2, 0.25) is 0 Å². The predicted molar refractivity (Wildman–Crippen MR) is 94.9 cm³/mol. The number of hydrogen-bond acceptors (Lipinski definition) is 3. The summed E-state index contributed by atoms with van der Waals surface area (Å²) in [6.45, 7) is 1.90. The molecular weight excluding hydrogens is 336 g/mol. The molecule has 4 aliphatic rings. The van der Waals surface area contributed by atoms with Crippen molar-refractivity contribution in [3.05, 3.63) is 29.8 Å². The zero-order valence-electron chi connectivity index (χ0n) is 14.6. The lowest BCUT2D eigenvalue weighted by Crippen LogP contribution is -2.53. The van der Waals surface area contributed by atoms with Crippen LogP contribution in [-0.4, -0.2) is 14.3 Å². The number of sulfonamides is 1. The third-order valence-electron chi connectivity index (χ3n) is 6.47. The number of hydrogen-bond donors (Lipinski definition) is 2. The second-order valence-electron chi connectivity index (χ2n) is 8.41. The van der Waals surface area contributed by atoms with Gasteiger partial charge in [0.2, 0.25) is 5.91 Å². The van der Waals surface area contributed by atoms with Crippen molar-refractivity contribution in [2.24, 2.45) is 23.2 Å². The van der Waals surface area contributed by atoms with E-state index >= 15 is 0 Å². The molecule has 1 aromatic carbocycles. The summed E-state index contributed by atoms with van der Waals surface area (Å²) in [7, 11) is -3.73. The molecular formula is C19H26N2O3S. The summed E-state index contributed by atoms with van der Waals surface area (Å²) in [4.78, 5) is 15.4. The van der Waals surface area contributed by atoms with Crippen molar-refractivity contribution in [3.8, 4) is 0 Å². The lowest BCUT2D eigenvalue weighted by atomic mass is 9.58. The Morgan fingerprint density at radius 2 is 1.56 bits per heavy atom. The molecule has 0 spiro atoms. The van der Waals surface area contributed by atoms with Gasteiger partial charge in [0.05, 0.1) is 10.3 Å². The normalized spacial score (nSPS) is 33.9. The highest BCUT2D eigenvalue weighted by Crippen LogP contribution is 2.57.